The molecule has 1 N–H and O–H groups in total. The third kappa shape index (κ3) is 5.21. The van der Waals surface area contributed by atoms with Crippen LogP contribution in [0.3, 0.4) is 0 Å². The van der Waals surface area contributed by atoms with Gasteiger partial charge in [0.25, 0.3) is 5.91 Å². The van der Waals surface area contributed by atoms with Gasteiger partial charge >= 0.3 is 0 Å². The van der Waals surface area contributed by atoms with Crippen LogP contribution in [-0.2, 0) is 6.42 Å². The summed E-state index contributed by atoms with van der Waals surface area (Å²) in [4.78, 5) is 23.4. The van der Waals surface area contributed by atoms with E-state index in [2.05, 4.69) is 60.8 Å². The maximum atomic E-state index is 13.0. The Morgan fingerprint density at radius 3 is 2.48 bits per heavy atom. The molecule has 5 nitrogen and oxygen atoms in total. The van der Waals surface area contributed by atoms with Crippen LogP contribution in [-0.4, -0.2) is 77.4 Å². The van der Waals surface area contributed by atoms with E-state index >= 15 is 0 Å². The molecule has 4 rings (SSSR count). The number of hydrogen-bond acceptors (Lipinski definition) is 3. The first-order valence-corrected chi connectivity index (χ1v) is 11.9. The Bertz CT molecular complexity index is 934. The van der Waals surface area contributed by atoms with E-state index in [0.29, 0.717) is 6.04 Å². The number of benzene rings is 1. The van der Waals surface area contributed by atoms with Gasteiger partial charge in [-0.1, -0.05) is 31.6 Å². The lowest BCUT2D eigenvalue weighted by Crippen LogP contribution is -2.50. The van der Waals surface area contributed by atoms with E-state index in [-0.39, 0.29) is 5.91 Å². The fraction of sp³-hybridized carbons (Fsp3) is 0.577. The number of H-pyrrole nitrogens is 1. The van der Waals surface area contributed by atoms with E-state index in [1.165, 1.54) is 23.1 Å². The van der Waals surface area contributed by atoms with Gasteiger partial charge in [0.15, 0.2) is 0 Å². The van der Waals surface area contributed by atoms with Gasteiger partial charge in [0.2, 0.25) is 0 Å². The van der Waals surface area contributed by atoms with Crippen molar-refractivity contribution in [1.29, 1.82) is 0 Å². The third-order valence-electron chi connectivity index (χ3n) is 6.77. The van der Waals surface area contributed by atoms with Crippen LogP contribution < -0.4 is 0 Å². The fourth-order valence-corrected chi connectivity index (χ4v) is 4.93. The van der Waals surface area contributed by atoms with Crippen LogP contribution in [0.4, 0.5) is 0 Å². The molecular formula is C26H38N4O. The van der Waals surface area contributed by atoms with Crippen LogP contribution in [0.2, 0.25) is 0 Å². The minimum Gasteiger partial charge on any atom is -0.361 e. The van der Waals surface area contributed by atoms with Crippen molar-refractivity contribution in [3.05, 3.63) is 47.2 Å². The largest absolute Gasteiger partial charge is 0.361 e. The van der Waals surface area contributed by atoms with E-state index in [1.807, 2.05) is 17.0 Å². The van der Waals surface area contributed by atoms with Gasteiger partial charge in [-0.3, -0.25) is 14.6 Å². The monoisotopic (exact) mass is 422 g/mol. The molecule has 2 aliphatic heterocycles. The summed E-state index contributed by atoms with van der Waals surface area (Å²) in [7, 11) is 0. The van der Waals surface area contributed by atoms with Gasteiger partial charge in [-0.15, -0.1) is 0 Å². The van der Waals surface area contributed by atoms with E-state index in [4.69, 9.17) is 0 Å². The molecule has 0 radical (unpaired) electrons. The SMILES string of the molecule is CC(C)CN1CC=C(Cc2c[nH]c3cc(C(=O)N4CCN(C(C)C)CC4)ccc23)CC1. The average molecular weight is 423 g/mol. The molecule has 0 unspecified atom stereocenters. The Morgan fingerprint density at radius 2 is 1.84 bits per heavy atom. The smallest absolute Gasteiger partial charge is 0.254 e. The molecule has 168 valence electrons. The van der Waals surface area contributed by atoms with Gasteiger partial charge in [-0.05, 0) is 50.3 Å². The van der Waals surface area contributed by atoms with Gasteiger partial charge < -0.3 is 9.88 Å². The molecule has 5 heteroatoms. The number of fused-ring (bicyclic) bond motifs is 1. The van der Waals surface area contributed by atoms with Crippen molar-refractivity contribution < 1.29 is 4.79 Å². The highest BCUT2D eigenvalue weighted by Gasteiger charge is 2.23. The molecule has 0 spiro atoms. The topological polar surface area (TPSA) is 42.6 Å². The molecule has 2 aromatic rings. The first kappa shape index (κ1) is 22.1. The summed E-state index contributed by atoms with van der Waals surface area (Å²) < 4.78 is 0. The molecule has 0 aliphatic carbocycles. The Balaban J connectivity index is 1.40. The van der Waals surface area contributed by atoms with Crippen LogP contribution in [0, 0.1) is 5.92 Å². The summed E-state index contributed by atoms with van der Waals surface area (Å²) in [6, 6.07) is 6.72. The number of piperazine rings is 1. The fourth-order valence-electron chi connectivity index (χ4n) is 4.93. The third-order valence-corrected chi connectivity index (χ3v) is 6.77. The summed E-state index contributed by atoms with van der Waals surface area (Å²) in [6.07, 6.45) is 6.69. The standard InChI is InChI=1S/C26H38N4O/c1-19(2)18-28-9-7-21(8-10-28)15-23-17-27-25-16-22(5-6-24(23)25)26(31)30-13-11-29(12-14-30)20(3)4/h5-7,16-17,19-20,27H,8-15,18H2,1-4H3. The normalized spacial score (nSPS) is 18.9. The van der Waals surface area contributed by atoms with Crippen molar-refractivity contribution in [3.63, 3.8) is 0 Å². The van der Waals surface area contributed by atoms with Crippen LogP contribution >= 0.6 is 0 Å². The highest BCUT2D eigenvalue weighted by atomic mass is 16.2. The quantitative estimate of drug-likeness (QED) is 0.711. The van der Waals surface area contributed by atoms with Gasteiger partial charge in [-0.25, -0.2) is 0 Å². The number of nitrogens with one attached hydrogen (secondary N) is 1. The zero-order chi connectivity index (χ0) is 22.0. The number of carbonyl (C=O) groups is 1. The summed E-state index contributed by atoms with van der Waals surface area (Å²) in [5, 5.41) is 1.24. The number of aromatic nitrogens is 1. The molecule has 1 saturated heterocycles. The molecule has 1 aromatic heterocycles. The van der Waals surface area contributed by atoms with E-state index in [1.54, 1.807) is 0 Å². The van der Waals surface area contributed by atoms with E-state index in [0.717, 1.165) is 69.1 Å². The summed E-state index contributed by atoms with van der Waals surface area (Å²) in [5.41, 5.74) is 4.73. The van der Waals surface area contributed by atoms with Crippen LogP contribution in [0.5, 0.6) is 0 Å². The van der Waals surface area contributed by atoms with E-state index in [9.17, 15) is 4.79 Å². The maximum absolute atomic E-state index is 13.0. The molecule has 0 bridgehead atoms. The summed E-state index contributed by atoms with van der Waals surface area (Å²) >= 11 is 0. The molecule has 0 saturated carbocycles. The minimum atomic E-state index is 0.154. The Hall–Kier alpha value is -2.11. The highest BCUT2D eigenvalue weighted by Crippen LogP contribution is 2.25. The van der Waals surface area contributed by atoms with Gasteiger partial charge in [0.1, 0.15) is 0 Å². The predicted octanol–water partition coefficient (Wildman–Crippen LogP) is 4.16. The lowest BCUT2D eigenvalue weighted by atomic mass is 9.98. The van der Waals surface area contributed by atoms with Crippen molar-refractivity contribution in [2.45, 2.75) is 46.6 Å². The van der Waals surface area contributed by atoms with Gasteiger partial charge in [-0.2, -0.15) is 0 Å². The minimum absolute atomic E-state index is 0.154. The van der Waals surface area contributed by atoms with Crippen LogP contribution in [0.1, 0.15) is 50.0 Å². The van der Waals surface area contributed by atoms with Gasteiger partial charge in [0.05, 0.1) is 0 Å². The number of rotatable bonds is 6. The Labute approximate surface area is 187 Å². The number of carbonyl (C=O) groups excluding carboxylic acids is 1. The van der Waals surface area contributed by atoms with Gasteiger partial charge in [0, 0.05) is 74.5 Å². The molecule has 31 heavy (non-hydrogen) atoms. The molecule has 0 atom stereocenters. The number of hydrogen-bond donors (Lipinski definition) is 1. The lowest BCUT2D eigenvalue weighted by molar-refractivity contribution is 0.0595. The maximum Gasteiger partial charge on any atom is 0.254 e. The zero-order valence-electron chi connectivity index (χ0n) is 19.7. The van der Waals surface area contributed by atoms with Crippen LogP contribution in [0.15, 0.2) is 36.0 Å². The average Bonchev–Trinajstić information content (AvgIpc) is 3.16. The predicted molar refractivity (Wildman–Crippen MR) is 129 cm³/mol. The van der Waals surface area contributed by atoms with Crippen LogP contribution in [0.25, 0.3) is 10.9 Å². The van der Waals surface area contributed by atoms with Crippen molar-refractivity contribution in [2.75, 3.05) is 45.8 Å². The molecular weight excluding hydrogens is 384 g/mol. The molecule has 1 amide bonds. The highest BCUT2D eigenvalue weighted by molar-refractivity contribution is 5.98. The van der Waals surface area contributed by atoms with E-state index < -0.39 is 0 Å². The first-order valence-electron chi connectivity index (χ1n) is 11.9. The second-order valence-electron chi connectivity index (χ2n) is 9.94. The lowest BCUT2D eigenvalue weighted by Gasteiger charge is -2.37. The van der Waals surface area contributed by atoms with Crippen molar-refractivity contribution in [1.82, 2.24) is 19.7 Å². The number of amides is 1. The van der Waals surface area contributed by atoms with Crippen molar-refractivity contribution in [2.24, 2.45) is 5.92 Å². The van der Waals surface area contributed by atoms with Crippen molar-refractivity contribution >= 4 is 16.8 Å². The number of nitrogens with zero attached hydrogens (tertiary/aromatic N) is 3. The molecule has 1 fully saturated rings. The molecule has 3 heterocycles. The molecule has 2 aliphatic rings. The van der Waals surface area contributed by atoms with Crippen molar-refractivity contribution in [3.8, 4) is 0 Å². The Morgan fingerprint density at radius 1 is 1.06 bits per heavy atom. The summed E-state index contributed by atoms with van der Waals surface area (Å²) in [5.74, 6) is 0.876. The second-order valence-corrected chi connectivity index (χ2v) is 9.94. The molecule has 1 aromatic carbocycles. The second kappa shape index (κ2) is 9.58. The zero-order valence-corrected chi connectivity index (χ0v) is 19.7. The number of aromatic amines is 1. The summed E-state index contributed by atoms with van der Waals surface area (Å²) in [6.45, 7) is 16.0. The first-order chi connectivity index (χ1) is 14.9. The Kier molecular flexibility index (Phi) is 6.83.